The molecule has 2 rings (SSSR count). The van der Waals surface area contributed by atoms with Gasteiger partial charge in [-0.05, 0) is 61.1 Å². The first-order chi connectivity index (χ1) is 18.8. The fourth-order valence-electron chi connectivity index (χ4n) is 3.87. The number of hydrazine groups is 1. The number of aryl methyl sites for hydroxylation is 1. The number of benzene rings is 2. The molecule has 222 valence electrons. The van der Waals surface area contributed by atoms with E-state index in [2.05, 4.69) is 36.1 Å². The second-order valence-corrected chi connectivity index (χ2v) is 10.9. The predicted octanol–water partition coefficient (Wildman–Crippen LogP) is 6.05. The van der Waals surface area contributed by atoms with Crippen LogP contribution in [0.1, 0.15) is 82.8 Å². The summed E-state index contributed by atoms with van der Waals surface area (Å²) in [6.45, 7) is 16.2. The van der Waals surface area contributed by atoms with Crippen LogP contribution in [0.5, 0.6) is 5.75 Å². The summed E-state index contributed by atoms with van der Waals surface area (Å²) in [5, 5.41) is 7.10. The molecule has 0 saturated carbocycles. The van der Waals surface area contributed by atoms with Gasteiger partial charge in [-0.15, -0.1) is 0 Å². The van der Waals surface area contributed by atoms with Crippen molar-refractivity contribution >= 4 is 40.8 Å². The number of hydrogen-bond acceptors (Lipinski definition) is 8. The molecule has 10 heteroatoms. The van der Waals surface area contributed by atoms with Crippen LogP contribution in [0.4, 0.5) is 17.1 Å². The molecule has 1 atom stereocenters. The molecular weight excluding hydrogens is 524 g/mol. The number of carbonyl (C=O) groups excluding carboxylic acids is 2. The van der Waals surface area contributed by atoms with Crippen molar-refractivity contribution in [2.45, 2.75) is 79.7 Å². The van der Waals surface area contributed by atoms with Crippen molar-refractivity contribution in [1.82, 2.24) is 5.32 Å². The van der Waals surface area contributed by atoms with Crippen molar-refractivity contribution in [2.24, 2.45) is 11.6 Å². The molecule has 40 heavy (non-hydrogen) atoms. The van der Waals surface area contributed by atoms with Gasteiger partial charge in [0.05, 0.1) is 24.2 Å². The summed E-state index contributed by atoms with van der Waals surface area (Å²) in [6, 6.07) is 9.12. The summed E-state index contributed by atoms with van der Waals surface area (Å²) < 4.78 is 8.88. The van der Waals surface area contributed by atoms with Crippen LogP contribution in [0.15, 0.2) is 42.2 Å². The van der Waals surface area contributed by atoms with Crippen LogP contribution >= 0.6 is 11.9 Å². The molecule has 2 aromatic rings. The molecule has 2 amide bonds. The maximum atomic E-state index is 13.4. The third-order valence-corrected chi connectivity index (χ3v) is 6.43. The molecule has 0 aliphatic heterocycles. The summed E-state index contributed by atoms with van der Waals surface area (Å²) >= 11 is 1.44. The molecule has 2 aromatic carbocycles. The van der Waals surface area contributed by atoms with Crippen molar-refractivity contribution in [1.29, 1.82) is 0 Å². The lowest BCUT2D eigenvalue weighted by Crippen LogP contribution is -2.37. The van der Waals surface area contributed by atoms with E-state index in [4.69, 9.17) is 16.3 Å². The fourth-order valence-corrected chi connectivity index (χ4v) is 4.25. The maximum absolute atomic E-state index is 13.4. The van der Waals surface area contributed by atoms with E-state index in [1.165, 1.54) is 23.2 Å². The Morgan fingerprint density at radius 1 is 1.15 bits per heavy atom. The van der Waals surface area contributed by atoms with Crippen LogP contribution in [-0.2, 0) is 10.2 Å². The highest BCUT2D eigenvalue weighted by molar-refractivity contribution is 7.99. The zero-order valence-corrected chi connectivity index (χ0v) is 26.5. The third-order valence-electron chi connectivity index (χ3n) is 6.01. The van der Waals surface area contributed by atoms with Gasteiger partial charge in [0, 0.05) is 24.1 Å². The number of anilines is 3. The van der Waals surface area contributed by atoms with Crippen molar-refractivity contribution in [3.63, 3.8) is 0 Å². The van der Waals surface area contributed by atoms with Gasteiger partial charge in [-0.3, -0.25) is 14.6 Å². The van der Waals surface area contributed by atoms with E-state index in [1.54, 1.807) is 25.3 Å². The molecular formula is C30H48N6O3S. The lowest BCUT2D eigenvalue weighted by Gasteiger charge is -2.24. The minimum absolute atomic E-state index is 0.000141. The van der Waals surface area contributed by atoms with Crippen LogP contribution in [-0.4, -0.2) is 31.2 Å². The van der Waals surface area contributed by atoms with E-state index in [9.17, 15) is 9.59 Å². The molecule has 7 N–H and O–H groups in total. The number of carbonyl (C=O) groups is 2. The number of hydrogen-bond donors (Lipinski definition) is 5. The average Bonchev–Trinajstić information content (AvgIpc) is 2.89. The van der Waals surface area contributed by atoms with Gasteiger partial charge in [0.2, 0.25) is 0 Å². The van der Waals surface area contributed by atoms with Crippen LogP contribution in [0.25, 0.3) is 0 Å². The molecule has 0 saturated heterocycles. The van der Waals surface area contributed by atoms with Crippen LogP contribution in [0.3, 0.4) is 0 Å². The highest BCUT2D eigenvalue weighted by Gasteiger charge is 2.21. The van der Waals surface area contributed by atoms with Gasteiger partial charge in [0.1, 0.15) is 5.70 Å². The molecule has 0 bridgehead atoms. The van der Waals surface area contributed by atoms with Gasteiger partial charge in [-0.1, -0.05) is 66.0 Å². The van der Waals surface area contributed by atoms with Crippen molar-refractivity contribution in [3.8, 4) is 5.75 Å². The Morgan fingerprint density at radius 3 is 2.33 bits per heavy atom. The van der Waals surface area contributed by atoms with E-state index in [0.717, 1.165) is 29.7 Å². The van der Waals surface area contributed by atoms with Crippen molar-refractivity contribution < 1.29 is 14.3 Å². The van der Waals surface area contributed by atoms with E-state index < -0.39 is 5.91 Å². The van der Waals surface area contributed by atoms with Crippen LogP contribution in [0, 0.1) is 6.92 Å². The highest BCUT2D eigenvalue weighted by atomic mass is 32.2. The van der Waals surface area contributed by atoms with Crippen molar-refractivity contribution in [2.75, 3.05) is 28.4 Å². The van der Waals surface area contributed by atoms with E-state index in [-0.39, 0.29) is 23.1 Å². The predicted molar refractivity (Wildman–Crippen MR) is 171 cm³/mol. The Labute approximate surface area is 244 Å². The number of rotatable bonds is 11. The number of ether oxygens (including phenoxy) is 1. The lowest BCUT2D eigenvalue weighted by atomic mass is 9.86. The summed E-state index contributed by atoms with van der Waals surface area (Å²) in [5.41, 5.74) is 9.92. The zero-order chi connectivity index (χ0) is 30.6. The molecule has 0 fully saturated rings. The zero-order valence-electron chi connectivity index (χ0n) is 25.7. The maximum Gasteiger partial charge on any atom is 0.268 e. The number of nitrogens with one attached hydrogen (secondary N) is 3. The Kier molecular flexibility index (Phi) is 13.9. The summed E-state index contributed by atoms with van der Waals surface area (Å²) in [5.74, 6) is 6.06. The van der Waals surface area contributed by atoms with Gasteiger partial charge < -0.3 is 25.8 Å². The first-order valence-electron chi connectivity index (χ1n) is 13.6. The number of amides is 2. The molecule has 0 heterocycles. The first kappa shape index (κ1) is 34.7. The molecule has 0 aliphatic rings. The standard InChI is InChI=1S/C28H42N6O3S.C2H6/c1-9-10-18(3)31-27(36)21(29)16-34(30)24-13-19(12-11-17(24)2)26(35)32-22-14-20(28(4,5)6)15-23(33-38-8)25(22)37-7;1-2/h11-16,18,33H,9-10,29-30H2,1-8H3,(H,31,36)(H,32,35);1-2H3/b21-16-;. The summed E-state index contributed by atoms with van der Waals surface area (Å²) in [6.07, 6.45) is 5.07. The minimum Gasteiger partial charge on any atom is -0.492 e. The van der Waals surface area contributed by atoms with Gasteiger partial charge in [-0.25, -0.2) is 5.84 Å². The third kappa shape index (κ3) is 9.67. The normalized spacial score (nSPS) is 12.0. The Hall–Kier alpha value is -3.37. The van der Waals surface area contributed by atoms with Gasteiger partial charge in [-0.2, -0.15) is 0 Å². The number of methoxy groups -OCH3 is 1. The Bertz CT molecular complexity index is 1180. The molecule has 0 aliphatic carbocycles. The van der Waals surface area contributed by atoms with E-state index >= 15 is 0 Å². The molecule has 0 spiro atoms. The van der Waals surface area contributed by atoms with Gasteiger partial charge in [0.25, 0.3) is 11.8 Å². The second-order valence-electron chi connectivity index (χ2n) is 10.3. The van der Waals surface area contributed by atoms with Crippen molar-refractivity contribution in [3.05, 3.63) is 58.9 Å². The highest BCUT2D eigenvalue weighted by Crippen LogP contribution is 2.39. The van der Waals surface area contributed by atoms with Crippen LogP contribution < -0.4 is 36.7 Å². The fraction of sp³-hybridized carbons (Fsp3) is 0.467. The van der Waals surface area contributed by atoms with E-state index in [1.807, 2.05) is 53.0 Å². The Balaban J connectivity index is 0.00000391. The summed E-state index contributed by atoms with van der Waals surface area (Å²) in [4.78, 5) is 25.8. The lowest BCUT2D eigenvalue weighted by molar-refractivity contribution is -0.118. The quantitative estimate of drug-likeness (QED) is 0.0950. The monoisotopic (exact) mass is 572 g/mol. The first-order valence-corrected chi connectivity index (χ1v) is 14.8. The molecule has 1 unspecified atom stereocenters. The topological polar surface area (TPSA) is 135 Å². The summed E-state index contributed by atoms with van der Waals surface area (Å²) in [7, 11) is 1.57. The average molecular weight is 573 g/mol. The smallest absolute Gasteiger partial charge is 0.268 e. The molecule has 0 aromatic heterocycles. The SMILES string of the molecule is CC.CCCC(C)NC(=O)/C(N)=C/N(N)c1cc(C(=O)Nc2cc(C(C)(C)C)cc(NSC)c2OC)ccc1C. The van der Waals surface area contributed by atoms with Gasteiger partial charge >= 0.3 is 0 Å². The van der Waals surface area contributed by atoms with Crippen LogP contribution in [0.2, 0.25) is 0 Å². The number of nitrogens with zero attached hydrogens (tertiary/aromatic N) is 1. The Morgan fingerprint density at radius 2 is 1.77 bits per heavy atom. The van der Waals surface area contributed by atoms with Gasteiger partial charge in [0.15, 0.2) is 5.75 Å². The number of nitrogens with two attached hydrogens (primary N) is 2. The minimum atomic E-state index is -0.395. The largest absolute Gasteiger partial charge is 0.492 e. The molecule has 9 nitrogen and oxygen atoms in total. The van der Waals surface area contributed by atoms with E-state index in [0.29, 0.717) is 22.7 Å². The molecule has 0 radical (unpaired) electrons. The second kappa shape index (κ2) is 16.0.